The maximum Gasteiger partial charge on any atom is 0.365 e. The molecule has 0 N–H and O–H groups in total. The lowest BCUT2D eigenvalue weighted by molar-refractivity contribution is 0.0516. The van der Waals surface area contributed by atoms with Crippen LogP contribution < -0.4 is 0 Å². The lowest BCUT2D eigenvalue weighted by Gasteiger charge is -2.04. The van der Waals surface area contributed by atoms with Gasteiger partial charge in [0.15, 0.2) is 0 Å². The third kappa shape index (κ3) is 3.68. The summed E-state index contributed by atoms with van der Waals surface area (Å²) in [6.07, 6.45) is 0. The van der Waals surface area contributed by atoms with Crippen LogP contribution in [0.3, 0.4) is 0 Å². The molecule has 6 nitrogen and oxygen atoms in total. The summed E-state index contributed by atoms with van der Waals surface area (Å²) in [4.78, 5) is 19.4. The molecule has 2 rings (SSSR count). The van der Waals surface area contributed by atoms with Gasteiger partial charge in [-0.3, -0.25) is 0 Å². The average molecular weight is 280 g/mol. The number of azide groups is 1. The Balaban J connectivity index is 2.19. The molecule has 0 bridgehead atoms. The average Bonchev–Trinajstić information content (AvgIpc) is 2.54. The van der Waals surface area contributed by atoms with E-state index < -0.39 is 5.97 Å². The van der Waals surface area contributed by atoms with Gasteiger partial charge in [0.1, 0.15) is 0 Å². The zero-order valence-corrected chi connectivity index (χ0v) is 11.3. The number of hydrogen-bond donors (Lipinski definition) is 0. The van der Waals surface area contributed by atoms with Crippen LogP contribution in [0.5, 0.6) is 0 Å². The van der Waals surface area contributed by atoms with E-state index in [0.29, 0.717) is 22.5 Å². The van der Waals surface area contributed by atoms with Crippen LogP contribution in [0, 0.1) is 0 Å². The molecule has 0 aliphatic heterocycles. The van der Waals surface area contributed by atoms with Crippen molar-refractivity contribution in [3.8, 4) is 0 Å². The summed E-state index contributed by atoms with van der Waals surface area (Å²) < 4.78 is 0. The van der Waals surface area contributed by atoms with Crippen molar-refractivity contribution in [3.05, 3.63) is 76.2 Å². The highest BCUT2D eigenvalue weighted by Crippen LogP contribution is 2.19. The molecule has 2 aromatic carbocycles. The fourth-order valence-electron chi connectivity index (χ4n) is 1.70. The molecule has 0 aliphatic rings. The lowest BCUT2D eigenvalue weighted by Crippen LogP contribution is -2.03. The van der Waals surface area contributed by atoms with Crippen molar-refractivity contribution in [1.82, 2.24) is 0 Å². The van der Waals surface area contributed by atoms with Gasteiger partial charge in [-0.05, 0) is 24.6 Å². The molecule has 104 valence electrons. The molecule has 2 aromatic rings. The number of carbonyl (C=O) groups is 1. The van der Waals surface area contributed by atoms with Gasteiger partial charge < -0.3 is 4.84 Å². The molecule has 0 saturated carbocycles. The van der Waals surface area contributed by atoms with Crippen molar-refractivity contribution in [3.63, 3.8) is 0 Å². The zero-order chi connectivity index (χ0) is 15.1. The van der Waals surface area contributed by atoms with Crippen LogP contribution in [-0.4, -0.2) is 11.7 Å². The molecule has 0 amide bonds. The summed E-state index contributed by atoms with van der Waals surface area (Å²) >= 11 is 0. The third-order valence-electron chi connectivity index (χ3n) is 2.72. The molecule has 0 radical (unpaired) electrons. The van der Waals surface area contributed by atoms with Crippen LogP contribution in [0.15, 0.2) is 64.9 Å². The number of rotatable bonds is 4. The van der Waals surface area contributed by atoms with Gasteiger partial charge in [0.2, 0.25) is 0 Å². The Morgan fingerprint density at radius 3 is 2.48 bits per heavy atom. The van der Waals surface area contributed by atoms with Crippen LogP contribution >= 0.6 is 0 Å². The Morgan fingerprint density at radius 1 is 1.10 bits per heavy atom. The molecule has 0 spiro atoms. The lowest BCUT2D eigenvalue weighted by atomic mass is 10.1. The first-order valence-corrected chi connectivity index (χ1v) is 6.18. The van der Waals surface area contributed by atoms with E-state index in [4.69, 9.17) is 10.4 Å². The minimum absolute atomic E-state index is 0.414. The Hall–Kier alpha value is -3.11. The molecular formula is C15H12N4O2. The van der Waals surface area contributed by atoms with E-state index in [1.54, 1.807) is 61.5 Å². The van der Waals surface area contributed by atoms with E-state index >= 15 is 0 Å². The molecule has 21 heavy (non-hydrogen) atoms. The fourth-order valence-corrected chi connectivity index (χ4v) is 1.70. The molecule has 0 aliphatic carbocycles. The van der Waals surface area contributed by atoms with Gasteiger partial charge in [0, 0.05) is 16.2 Å². The minimum atomic E-state index is -0.545. The SMILES string of the molecule is CC(=NOC(=O)c1ccccc1)c1ccccc1N=[N+]=[N-]. The van der Waals surface area contributed by atoms with Crippen LogP contribution in [0.4, 0.5) is 5.69 Å². The molecular weight excluding hydrogens is 268 g/mol. The van der Waals surface area contributed by atoms with Crippen molar-refractivity contribution in [2.45, 2.75) is 6.92 Å². The van der Waals surface area contributed by atoms with Gasteiger partial charge in [-0.1, -0.05) is 52.7 Å². The summed E-state index contributed by atoms with van der Waals surface area (Å²) in [6, 6.07) is 15.5. The second kappa shape index (κ2) is 6.88. The largest absolute Gasteiger partial charge is 0.365 e. The number of hydrogen-bond acceptors (Lipinski definition) is 4. The van der Waals surface area contributed by atoms with Crippen molar-refractivity contribution in [2.24, 2.45) is 10.3 Å². The summed E-state index contributed by atoms with van der Waals surface area (Å²) in [7, 11) is 0. The Kier molecular flexibility index (Phi) is 4.69. The van der Waals surface area contributed by atoms with Gasteiger partial charge in [-0.25, -0.2) is 4.79 Å². The van der Waals surface area contributed by atoms with Gasteiger partial charge in [-0.15, -0.1) is 0 Å². The number of carbonyl (C=O) groups excluding carboxylic acids is 1. The van der Waals surface area contributed by atoms with E-state index in [1.165, 1.54) is 0 Å². The van der Waals surface area contributed by atoms with Gasteiger partial charge >= 0.3 is 5.97 Å². The van der Waals surface area contributed by atoms with Crippen molar-refractivity contribution in [2.75, 3.05) is 0 Å². The highest BCUT2D eigenvalue weighted by atomic mass is 16.7. The van der Waals surface area contributed by atoms with Gasteiger partial charge in [-0.2, -0.15) is 0 Å². The van der Waals surface area contributed by atoms with Gasteiger partial charge in [0.25, 0.3) is 0 Å². The molecule has 0 heterocycles. The monoisotopic (exact) mass is 280 g/mol. The van der Waals surface area contributed by atoms with E-state index in [9.17, 15) is 4.79 Å². The van der Waals surface area contributed by atoms with Crippen LogP contribution in [-0.2, 0) is 4.84 Å². The standard InChI is InChI=1S/C15H12N4O2/c1-11(13-9-5-6-10-14(13)17-19-16)18-21-15(20)12-7-3-2-4-8-12/h2-10H,1H3. The van der Waals surface area contributed by atoms with Crippen LogP contribution in [0.1, 0.15) is 22.8 Å². The fraction of sp³-hybridized carbons (Fsp3) is 0.0667. The number of benzene rings is 2. The highest BCUT2D eigenvalue weighted by Gasteiger charge is 2.08. The Labute approximate surface area is 121 Å². The zero-order valence-electron chi connectivity index (χ0n) is 11.3. The van der Waals surface area contributed by atoms with E-state index in [0.717, 1.165) is 0 Å². The van der Waals surface area contributed by atoms with Crippen molar-refractivity contribution in [1.29, 1.82) is 0 Å². The van der Waals surface area contributed by atoms with Crippen molar-refractivity contribution < 1.29 is 9.63 Å². The first-order valence-electron chi connectivity index (χ1n) is 6.18. The maximum atomic E-state index is 11.8. The third-order valence-corrected chi connectivity index (χ3v) is 2.72. The molecule has 0 aromatic heterocycles. The summed E-state index contributed by atoms with van der Waals surface area (Å²) in [5, 5.41) is 7.37. The van der Waals surface area contributed by atoms with E-state index in [-0.39, 0.29) is 0 Å². The van der Waals surface area contributed by atoms with Crippen LogP contribution in [0.25, 0.3) is 10.4 Å². The summed E-state index contributed by atoms with van der Waals surface area (Å²) in [5.41, 5.74) is 10.4. The highest BCUT2D eigenvalue weighted by molar-refractivity contribution is 6.03. The predicted octanol–water partition coefficient (Wildman–Crippen LogP) is 4.21. The first kappa shape index (κ1) is 14.3. The number of oxime groups is 1. The smallest absolute Gasteiger partial charge is 0.313 e. The van der Waals surface area contributed by atoms with Crippen molar-refractivity contribution >= 4 is 17.4 Å². The second-order valence-corrected chi connectivity index (χ2v) is 4.13. The molecule has 0 unspecified atom stereocenters. The van der Waals surface area contributed by atoms with Crippen LogP contribution in [0.2, 0.25) is 0 Å². The first-order chi connectivity index (χ1) is 10.2. The molecule has 0 saturated heterocycles. The molecule has 6 heteroatoms. The topological polar surface area (TPSA) is 87.4 Å². The maximum absolute atomic E-state index is 11.8. The van der Waals surface area contributed by atoms with E-state index in [2.05, 4.69) is 15.2 Å². The normalized spacial score (nSPS) is 10.6. The predicted molar refractivity (Wildman–Crippen MR) is 79.3 cm³/mol. The van der Waals surface area contributed by atoms with E-state index in [1.807, 2.05) is 0 Å². The minimum Gasteiger partial charge on any atom is -0.313 e. The Bertz CT molecular complexity index is 719. The summed E-state index contributed by atoms with van der Waals surface area (Å²) in [6.45, 7) is 1.67. The van der Waals surface area contributed by atoms with Gasteiger partial charge in [0.05, 0.1) is 11.3 Å². The number of nitrogens with zero attached hydrogens (tertiary/aromatic N) is 4. The Morgan fingerprint density at radius 2 is 1.76 bits per heavy atom. The second-order valence-electron chi connectivity index (χ2n) is 4.13. The molecule has 0 atom stereocenters. The summed E-state index contributed by atoms with van der Waals surface area (Å²) in [5.74, 6) is -0.545. The quantitative estimate of drug-likeness (QED) is 0.210. The molecule has 0 fully saturated rings.